The molecule has 0 aromatic carbocycles. The van der Waals surface area contributed by atoms with E-state index in [2.05, 4.69) is 32.6 Å². The molecule has 2 aliphatic heterocycles. The van der Waals surface area contributed by atoms with Crippen molar-refractivity contribution >= 4 is 0 Å². The van der Waals surface area contributed by atoms with Gasteiger partial charge < -0.3 is 10.5 Å². The summed E-state index contributed by atoms with van der Waals surface area (Å²) in [7, 11) is 0. The first-order valence-electron chi connectivity index (χ1n) is 7.57. The molecule has 2 N–H and O–H groups in total. The van der Waals surface area contributed by atoms with Crippen molar-refractivity contribution in [3.8, 4) is 0 Å². The van der Waals surface area contributed by atoms with Crippen LogP contribution in [0.15, 0.2) is 0 Å². The van der Waals surface area contributed by atoms with Crippen LogP contribution in [0.3, 0.4) is 0 Å². The Hall–Kier alpha value is -0.120. The number of hydrogen-bond acceptors (Lipinski definition) is 3. The molecule has 0 saturated carbocycles. The van der Waals surface area contributed by atoms with Crippen LogP contribution in [0.4, 0.5) is 0 Å². The second kappa shape index (κ2) is 5.48. The molecule has 106 valence electrons. The van der Waals surface area contributed by atoms with Crippen molar-refractivity contribution < 1.29 is 4.74 Å². The fourth-order valence-corrected chi connectivity index (χ4v) is 4.05. The third-order valence-electron chi connectivity index (χ3n) is 5.22. The molecular formula is C15H30N2O. The summed E-state index contributed by atoms with van der Waals surface area (Å²) in [5.74, 6) is 1.56. The zero-order chi connectivity index (χ0) is 13.3. The molecule has 2 fully saturated rings. The maximum Gasteiger partial charge on any atom is 0.0565 e. The third kappa shape index (κ3) is 2.59. The molecule has 18 heavy (non-hydrogen) atoms. The minimum absolute atomic E-state index is 0.181. The largest absolute Gasteiger partial charge is 0.378 e. The van der Waals surface area contributed by atoms with Gasteiger partial charge >= 0.3 is 0 Å². The number of hydrogen-bond donors (Lipinski definition) is 1. The molecule has 0 aromatic heterocycles. The number of likely N-dealkylation sites (tertiary alicyclic amines) is 1. The van der Waals surface area contributed by atoms with Crippen LogP contribution in [0.1, 0.15) is 47.0 Å². The fraction of sp³-hybridized carbons (Fsp3) is 1.00. The van der Waals surface area contributed by atoms with Crippen molar-refractivity contribution in [2.75, 3.05) is 19.7 Å². The summed E-state index contributed by atoms with van der Waals surface area (Å²) in [6, 6.07) is 0.648. The van der Waals surface area contributed by atoms with Gasteiger partial charge in [-0.2, -0.15) is 0 Å². The topological polar surface area (TPSA) is 38.5 Å². The van der Waals surface area contributed by atoms with E-state index >= 15 is 0 Å². The Balaban J connectivity index is 2.19. The molecule has 0 radical (unpaired) electrons. The molecule has 2 rings (SSSR count). The minimum Gasteiger partial charge on any atom is -0.378 e. The third-order valence-corrected chi connectivity index (χ3v) is 5.22. The van der Waals surface area contributed by atoms with Gasteiger partial charge in [-0.3, -0.25) is 4.90 Å². The summed E-state index contributed by atoms with van der Waals surface area (Å²) in [6.07, 6.45) is 3.89. The number of piperidine rings is 1. The van der Waals surface area contributed by atoms with Gasteiger partial charge in [-0.15, -0.1) is 0 Å². The van der Waals surface area contributed by atoms with E-state index in [4.69, 9.17) is 10.5 Å². The first-order valence-corrected chi connectivity index (χ1v) is 7.57. The van der Waals surface area contributed by atoms with E-state index in [1.165, 1.54) is 13.0 Å². The first kappa shape index (κ1) is 14.3. The van der Waals surface area contributed by atoms with E-state index in [9.17, 15) is 0 Å². The van der Waals surface area contributed by atoms with E-state index in [0.717, 1.165) is 37.8 Å². The van der Waals surface area contributed by atoms with E-state index in [1.807, 2.05) is 0 Å². The Morgan fingerprint density at radius 2 is 2.00 bits per heavy atom. The molecule has 5 unspecified atom stereocenters. The molecule has 0 amide bonds. The number of nitrogens with two attached hydrogens (primary N) is 1. The Labute approximate surface area is 112 Å². The summed E-state index contributed by atoms with van der Waals surface area (Å²) >= 11 is 0. The van der Waals surface area contributed by atoms with Crippen molar-refractivity contribution in [2.45, 2.75) is 64.6 Å². The molecule has 0 aromatic rings. The summed E-state index contributed by atoms with van der Waals surface area (Å²) in [5.41, 5.74) is 6.37. The Bertz CT molecular complexity index is 284. The van der Waals surface area contributed by atoms with Crippen LogP contribution < -0.4 is 5.73 Å². The number of rotatable bonds is 2. The van der Waals surface area contributed by atoms with Crippen LogP contribution in [0, 0.1) is 11.8 Å². The minimum atomic E-state index is 0.181. The molecule has 3 nitrogen and oxygen atoms in total. The second-order valence-electron chi connectivity index (χ2n) is 6.78. The normalized spacial score (nSPS) is 47.2. The van der Waals surface area contributed by atoms with Gasteiger partial charge in [-0.1, -0.05) is 13.8 Å². The average molecular weight is 254 g/mol. The van der Waals surface area contributed by atoms with Crippen LogP contribution in [-0.4, -0.2) is 42.3 Å². The van der Waals surface area contributed by atoms with Crippen LogP contribution in [0.25, 0.3) is 0 Å². The van der Waals surface area contributed by atoms with Gasteiger partial charge in [0.1, 0.15) is 0 Å². The van der Waals surface area contributed by atoms with E-state index < -0.39 is 0 Å². The quantitative estimate of drug-likeness (QED) is 0.821. The van der Waals surface area contributed by atoms with Crippen molar-refractivity contribution in [2.24, 2.45) is 17.6 Å². The number of ether oxygens (including phenoxy) is 1. The molecule has 5 atom stereocenters. The lowest BCUT2D eigenvalue weighted by Gasteiger charge is -2.54. The van der Waals surface area contributed by atoms with E-state index in [-0.39, 0.29) is 5.54 Å². The van der Waals surface area contributed by atoms with E-state index in [1.54, 1.807) is 0 Å². The van der Waals surface area contributed by atoms with Crippen molar-refractivity contribution in [1.29, 1.82) is 0 Å². The van der Waals surface area contributed by atoms with Crippen molar-refractivity contribution in [3.63, 3.8) is 0 Å². The molecule has 2 heterocycles. The monoisotopic (exact) mass is 254 g/mol. The van der Waals surface area contributed by atoms with Gasteiger partial charge in [0.2, 0.25) is 0 Å². The number of nitrogens with zero attached hydrogens (tertiary/aromatic N) is 1. The van der Waals surface area contributed by atoms with E-state index in [0.29, 0.717) is 12.1 Å². The smallest absolute Gasteiger partial charge is 0.0565 e. The van der Waals surface area contributed by atoms with Crippen LogP contribution in [-0.2, 0) is 4.74 Å². The average Bonchev–Trinajstić information content (AvgIpc) is 2.33. The molecule has 3 heteroatoms. The standard InChI is InChI=1S/C15H30N2O/c1-11-7-12(2)14(4)17(9-11)15(10-16)5-6-18-13(3)8-15/h11-14H,5-10,16H2,1-4H3. The summed E-state index contributed by atoms with van der Waals surface area (Å²) in [6.45, 7) is 12.2. The summed E-state index contributed by atoms with van der Waals surface area (Å²) in [5, 5.41) is 0. The van der Waals surface area contributed by atoms with Crippen molar-refractivity contribution in [1.82, 2.24) is 4.90 Å². The lowest BCUT2D eigenvalue weighted by Crippen LogP contribution is -2.64. The van der Waals surface area contributed by atoms with Gasteiger partial charge in [-0.25, -0.2) is 0 Å². The molecule has 0 bridgehead atoms. The predicted octanol–water partition coefficient (Wildman–Crippen LogP) is 2.25. The highest BCUT2D eigenvalue weighted by Gasteiger charge is 2.44. The Morgan fingerprint density at radius 1 is 1.28 bits per heavy atom. The van der Waals surface area contributed by atoms with Gasteiger partial charge in [-0.05, 0) is 44.9 Å². The van der Waals surface area contributed by atoms with Crippen molar-refractivity contribution in [3.05, 3.63) is 0 Å². The lowest BCUT2D eigenvalue weighted by molar-refractivity contribution is -0.0985. The molecular weight excluding hydrogens is 224 g/mol. The Morgan fingerprint density at radius 3 is 2.61 bits per heavy atom. The Kier molecular flexibility index (Phi) is 4.35. The van der Waals surface area contributed by atoms with Gasteiger partial charge in [0.15, 0.2) is 0 Å². The zero-order valence-corrected chi connectivity index (χ0v) is 12.5. The van der Waals surface area contributed by atoms with Gasteiger partial charge in [0.05, 0.1) is 6.10 Å². The second-order valence-corrected chi connectivity index (χ2v) is 6.78. The lowest BCUT2D eigenvalue weighted by atomic mass is 9.77. The molecule has 2 saturated heterocycles. The van der Waals surface area contributed by atoms with Gasteiger partial charge in [0, 0.05) is 31.3 Å². The summed E-state index contributed by atoms with van der Waals surface area (Å²) < 4.78 is 5.73. The fourth-order valence-electron chi connectivity index (χ4n) is 4.05. The first-order chi connectivity index (χ1) is 8.48. The molecule has 2 aliphatic rings. The highest BCUT2D eigenvalue weighted by molar-refractivity contribution is 5.00. The van der Waals surface area contributed by atoms with Gasteiger partial charge in [0.25, 0.3) is 0 Å². The van der Waals surface area contributed by atoms with Crippen LogP contribution in [0.5, 0.6) is 0 Å². The summed E-state index contributed by atoms with van der Waals surface area (Å²) in [4.78, 5) is 2.71. The highest BCUT2D eigenvalue weighted by atomic mass is 16.5. The van der Waals surface area contributed by atoms with Crippen LogP contribution in [0.2, 0.25) is 0 Å². The molecule has 0 spiro atoms. The maximum absolute atomic E-state index is 6.19. The zero-order valence-electron chi connectivity index (χ0n) is 12.5. The maximum atomic E-state index is 6.19. The van der Waals surface area contributed by atoms with Crippen LogP contribution >= 0.6 is 0 Å². The highest BCUT2D eigenvalue weighted by Crippen LogP contribution is 2.38. The predicted molar refractivity (Wildman–Crippen MR) is 75.5 cm³/mol. The SMILES string of the molecule is CC1CC(C)C(C)N(C2(CN)CCOC(C)C2)C1. The molecule has 0 aliphatic carbocycles.